The first-order valence-corrected chi connectivity index (χ1v) is 8.27. The maximum absolute atomic E-state index is 12.2. The van der Waals surface area contributed by atoms with Gasteiger partial charge in [-0.25, -0.2) is 0 Å². The standard InChI is InChI=1S/C20H25NO2/c1-4-6-17-9-13-19(14-10-17)23-15(3)20(22)21-18-11-7-16(5-2)8-12-18/h7-15H,4-6H2,1-3H3,(H,21,22). The van der Waals surface area contributed by atoms with Crippen LogP contribution < -0.4 is 10.1 Å². The zero-order valence-corrected chi connectivity index (χ0v) is 14.1. The van der Waals surface area contributed by atoms with Gasteiger partial charge in [-0.2, -0.15) is 0 Å². The molecule has 0 spiro atoms. The third kappa shape index (κ3) is 5.13. The number of carbonyl (C=O) groups is 1. The van der Waals surface area contributed by atoms with E-state index in [1.165, 1.54) is 11.1 Å². The summed E-state index contributed by atoms with van der Waals surface area (Å²) in [4.78, 5) is 12.2. The highest BCUT2D eigenvalue weighted by atomic mass is 16.5. The molecule has 0 saturated heterocycles. The van der Waals surface area contributed by atoms with E-state index in [-0.39, 0.29) is 5.91 Å². The van der Waals surface area contributed by atoms with Gasteiger partial charge in [-0.3, -0.25) is 4.79 Å². The van der Waals surface area contributed by atoms with E-state index in [1.807, 2.05) is 48.5 Å². The van der Waals surface area contributed by atoms with Gasteiger partial charge in [0.15, 0.2) is 6.10 Å². The lowest BCUT2D eigenvalue weighted by Crippen LogP contribution is -2.30. The van der Waals surface area contributed by atoms with Crippen molar-refractivity contribution in [2.24, 2.45) is 0 Å². The maximum Gasteiger partial charge on any atom is 0.265 e. The topological polar surface area (TPSA) is 38.3 Å². The van der Waals surface area contributed by atoms with E-state index in [0.717, 1.165) is 24.9 Å². The van der Waals surface area contributed by atoms with Gasteiger partial charge >= 0.3 is 0 Å². The molecule has 122 valence electrons. The van der Waals surface area contributed by atoms with Gasteiger partial charge in [0.1, 0.15) is 5.75 Å². The van der Waals surface area contributed by atoms with E-state index in [4.69, 9.17) is 4.74 Å². The molecule has 3 nitrogen and oxygen atoms in total. The molecule has 2 aromatic carbocycles. The van der Waals surface area contributed by atoms with Crippen LogP contribution in [0.5, 0.6) is 5.75 Å². The van der Waals surface area contributed by atoms with Crippen LogP contribution in [0.4, 0.5) is 5.69 Å². The molecule has 1 atom stereocenters. The van der Waals surface area contributed by atoms with Crippen LogP contribution in [0.3, 0.4) is 0 Å². The summed E-state index contributed by atoms with van der Waals surface area (Å²) in [7, 11) is 0. The van der Waals surface area contributed by atoms with Gasteiger partial charge < -0.3 is 10.1 Å². The fourth-order valence-corrected chi connectivity index (χ4v) is 2.35. The Morgan fingerprint density at radius 3 is 2.17 bits per heavy atom. The van der Waals surface area contributed by atoms with E-state index < -0.39 is 6.10 Å². The lowest BCUT2D eigenvalue weighted by molar-refractivity contribution is -0.122. The van der Waals surface area contributed by atoms with Crippen LogP contribution in [0.1, 0.15) is 38.3 Å². The molecule has 0 aliphatic rings. The maximum atomic E-state index is 12.2. The molecule has 3 heteroatoms. The molecule has 2 aromatic rings. The number of nitrogens with one attached hydrogen (secondary N) is 1. The average molecular weight is 311 g/mol. The molecule has 0 bridgehead atoms. The van der Waals surface area contributed by atoms with Crippen molar-refractivity contribution in [3.8, 4) is 5.75 Å². The average Bonchev–Trinajstić information content (AvgIpc) is 2.57. The van der Waals surface area contributed by atoms with E-state index in [2.05, 4.69) is 19.2 Å². The van der Waals surface area contributed by atoms with Gasteiger partial charge in [0.25, 0.3) is 5.91 Å². The number of rotatable bonds is 7. The summed E-state index contributed by atoms with van der Waals surface area (Å²) < 4.78 is 5.71. The molecule has 1 N–H and O–H groups in total. The molecular formula is C20H25NO2. The predicted octanol–water partition coefficient (Wildman–Crippen LogP) is 4.61. The zero-order chi connectivity index (χ0) is 16.7. The van der Waals surface area contributed by atoms with Gasteiger partial charge in [0, 0.05) is 5.69 Å². The van der Waals surface area contributed by atoms with Crippen molar-refractivity contribution in [1.29, 1.82) is 0 Å². The first-order chi connectivity index (χ1) is 11.1. The first-order valence-electron chi connectivity index (χ1n) is 8.27. The quantitative estimate of drug-likeness (QED) is 0.811. The molecule has 0 fully saturated rings. The van der Waals surface area contributed by atoms with E-state index >= 15 is 0 Å². The van der Waals surface area contributed by atoms with Crippen molar-refractivity contribution in [3.63, 3.8) is 0 Å². The summed E-state index contributed by atoms with van der Waals surface area (Å²) >= 11 is 0. The molecule has 0 radical (unpaired) electrons. The molecule has 0 heterocycles. The second-order valence-corrected chi connectivity index (χ2v) is 5.69. The Morgan fingerprint density at radius 2 is 1.61 bits per heavy atom. The Bertz CT molecular complexity index is 617. The van der Waals surface area contributed by atoms with E-state index in [9.17, 15) is 4.79 Å². The molecule has 2 rings (SSSR count). The predicted molar refractivity (Wildman–Crippen MR) is 95.0 cm³/mol. The van der Waals surface area contributed by atoms with E-state index in [1.54, 1.807) is 6.92 Å². The van der Waals surface area contributed by atoms with Crippen molar-refractivity contribution in [3.05, 3.63) is 59.7 Å². The Kier molecular flexibility index (Phi) is 6.21. The minimum atomic E-state index is -0.544. The van der Waals surface area contributed by atoms with Gasteiger partial charge in [-0.05, 0) is 55.2 Å². The fraction of sp³-hybridized carbons (Fsp3) is 0.350. The Labute approximate surface area is 138 Å². The SMILES string of the molecule is CCCc1ccc(OC(C)C(=O)Nc2ccc(CC)cc2)cc1. The second kappa shape index (κ2) is 8.37. The van der Waals surface area contributed by atoms with Crippen LogP contribution in [-0.2, 0) is 17.6 Å². The van der Waals surface area contributed by atoms with Crippen molar-refractivity contribution < 1.29 is 9.53 Å². The monoisotopic (exact) mass is 311 g/mol. The van der Waals surface area contributed by atoms with Gasteiger partial charge in [-0.15, -0.1) is 0 Å². The lowest BCUT2D eigenvalue weighted by atomic mass is 10.1. The third-order valence-electron chi connectivity index (χ3n) is 3.77. The third-order valence-corrected chi connectivity index (χ3v) is 3.77. The smallest absolute Gasteiger partial charge is 0.265 e. The molecule has 23 heavy (non-hydrogen) atoms. The molecule has 1 unspecified atom stereocenters. The highest BCUT2D eigenvalue weighted by Gasteiger charge is 2.14. The number of amides is 1. The molecule has 1 amide bonds. The number of hydrogen-bond acceptors (Lipinski definition) is 2. The van der Waals surface area contributed by atoms with Crippen LogP contribution in [0, 0.1) is 0 Å². The van der Waals surface area contributed by atoms with Crippen molar-refractivity contribution in [2.45, 2.75) is 46.1 Å². The summed E-state index contributed by atoms with van der Waals surface area (Å²) in [5, 5.41) is 2.88. The minimum Gasteiger partial charge on any atom is -0.481 e. The zero-order valence-electron chi connectivity index (χ0n) is 14.1. The van der Waals surface area contributed by atoms with Crippen LogP contribution in [0.25, 0.3) is 0 Å². The Morgan fingerprint density at radius 1 is 1.00 bits per heavy atom. The fourth-order valence-electron chi connectivity index (χ4n) is 2.35. The summed E-state index contributed by atoms with van der Waals surface area (Å²) in [6, 6.07) is 15.8. The molecule has 0 aliphatic carbocycles. The van der Waals surface area contributed by atoms with Gasteiger partial charge in [-0.1, -0.05) is 44.5 Å². The number of anilines is 1. The summed E-state index contributed by atoms with van der Waals surface area (Å²) in [6.45, 7) is 6.02. The molecule has 0 aliphatic heterocycles. The Balaban J connectivity index is 1.90. The van der Waals surface area contributed by atoms with Crippen LogP contribution >= 0.6 is 0 Å². The van der Waals surface area contributed by atoms with Gasteiger partial charge in [0.2, 0.25) is 0 Å². The van der Waals surface area contributed by atoms with E-state index in [0.29, 0.717) is 5.75 Å². The first kappa shape index (κ1) is 17.1. The van der Waals surface area contributed by atoms with Gasteiger partial charge in [0.05, 0.1) is 0 Å². The normalized spacial score (nSPS) is 11.8. The van der Waals surface area contributed by atoms with Crippen molar-refractivity contribution >= 4 is 11.6 Å². The second-order valence-electron chi connectivity index (χ2n) is 5.69. The largest absolute Gasteiger partial charge is 0.481 e. The molecule has 0 saturated carbocycles. The summed E-state index contributed by atoms with van der Waals surface area (Å²) in [6.07, 6.45) is 2.62. The Hall–Kier alpha value is -2.29. The van der Waals surface area contributed by atoms with Crippen molar-refractivity contribution in [2.75, 3.05) is 5.32 Å². The summed E-state index contributed by atoms with van der Waals surface area (Å²) in [5.41, 5.74) is 3.33. The lowest BCUT2D eigenvalue weighted by Gasteiger charge is -2.15. The summed E-state index contributed by atoms with van der Waals surface area (Å²) in [5.74, 6) is 0.570. The number of hydrogen-bond donors (Lipinski definition) is 1. The van der Waals surface area contributed by atoms with Crippen LogP contribution in [-0.4, -0.2) is 12.0 Å². The molecular weight excluding hydrogens is 286 g/mol. The number of carbonyl (C=O) groups excluding carboxylic acids is 1. The molecule has 0 aromatic heterocycles. The highest BCUT2D eigenvalue weighted by Crippen LogP contribution is 2.16. The highest BCUT2D eigenvalue weighted by molar-refractivity contribution is 5.94. The van der Waals surface area contributed by atoms with Crippen LogP contribution in [0.15, 0.2) is 48.5 Å². The minimum absolute atomic E-state index is 0.146. The number of aryl methyl sites for hydroxylation is 2. The van der Waals surface area contributed by atoms with Crippen LogP contribution in [0.2, 0.25) is 0 Å². The number of ether oxygens (including phenoxy) is 1. The van der Waals surface area contributed by atoms with Crippen molar-refractivity contribution in [1.82, 2.24) is 0 Å². The number of benzene rings is 2.